The van der Waals surface area contributed by atoms with E-state index >= 15 is 0 Å². The van der Waals surface area contributed by atoms with Crippen molar-refractivity contribution in [3.05, 3.63) is 146 Å². The van der Waals surface area contributed by atoms with Crippen molar-refractivity contribution in [3.63, 3.8) is 0 Å². The number of nitrogens with one attached hydrogen (secondary N) is 2. The largest absolute Gasteiger partial charge is 0.503 e. The average Bonchev–Trinajstić information content (AvgIpc) is 2.92. The Morgan fingerprint density at radius 1 is 0.615 bits per heavy atom. The van der Waals surface area contributed by atoms with Crippen LogP contribution in [0.15, 0.2) is 113 Å². The lowest BCUT2D eigenvalue weighted by Crippen LogP contribution is -2.05. The number of hydrogen-bond acceptors (Lipinski definition) is 5. The van der Waals surface area contributed by atoms with Crippen LogP contribution in [0.4, 0.5) is 0 Å². The van der Waals surface area contributed by atoms with Gasteiger partial charge in [0.25, 0.3) is 11.1 Å². The molecule has 0 aliphatic rings. The SMILES string of the molecule is C.O=c1[nH]c2cccc(Cc3ccccc3)c2cc1O.O=c1[nH]c2cccc(Cc3cccnc3)c2cc1O. The maximum absolute atomic E-state index is 11.4. The summed E-state index contributed by atoms with van der Waals surface area (Å²) in [6.07, 6.45) is 5.01. The molecule has 0 saturated heterocycles. The fraction of sp³-hybridized carbons (Fsp3) is 0.0938. The topological polar surface area (TPSA) is 119 Å². The number of nitrogens with zero attached hydrogens (tertiary/aromatic N) is 1. The van der Waals surface area contributed by atoms with Crippen LogP contribution in [-0.2, 0) is 12.8 Å². The fourth-order valence-electron chi connectivity index (χ4n) is 4.41. The molecule has 196 valence electrons. The molecule has 0 saturated carbocycles. The van der Waals surface area contributed by atoms with Crippen molar-refractivity contribution in [1.82, 2.24) is 15.0 Å². The molecule has 4 N–H and O–H groups in total. The molecular weight excluding hydrogens is 490 g/mol. The summed E-state index contributed by atoms with van der Waals surface area (Å²) in [5, 5.41) is 20.8. The van der Waals surface area contributed by atoms with Gasteiger partial charge in [-0.15, -0.1) is 0 Å². The molecule has 6 aromatic rings. The summed E-state index contributed by atoms with van der Waals surface area (Å²) < 4.78 is 0. The van der Waals surface area contributed by atoms with Gasteiger partial charge in [0.1, 0.15) is 0 Å². The van der Waals surface area contributed by atoms with Crippen molar-refractivity contribution in [2.75, 3.05) is 0 Å². The lowest BCUT2D eigenvalue weighted by atomic mass is 10.0. The zero-order chi connectivity index (χ0) is 26.5. The van der Waals surface area contributed by atoms with Gasteiger partial charge in [0, 0.05) is 34.2 Å². The van der Waals surface area contributed by atoms with Crippen LogP contribution in [0.2, 0.25) is 0 Å². The highest BCUT2D eigenvalue weighted by molar-refractivity contribution is 5.84. The number of benzene rings is 3. The van der Waals surface area contributed by atoms with Crippen LogP contribution in [0.5, 0.6) is 11.5 Å². The lowest BCUT2D eigenvalue weighted by Gasteiger charge is -2.07. The molecular formula is C32H29N3O4. The summed E-state index contributed by atoms with van der Waals surface area (Å²) in [4.78, 5) is 32.2. The van der Waals surface area contributed by atoms with E-state index in [9.17, 15) is 19.8 Å². The molecule has 0 aliphatic heterocycles. The zero-order valence-corrected chi connectivity index (χ0v) is 20.4. The van der Waals surface area contributed by atoms with Gasteiger partial charge in [-0.3, -0.25) is 14.6 Å². The maximum atomic E-state index is 11.4. The molecule has 0 atom stereocenters. The smallest absolute Gasteiger partial charge is 0.290 e. The molecule has 0 unspecified atom stereocenters. The van der Waals surface area contributed by atoms with Crippen molar-refractivity contribution in [3.8, 4) is 11.5 Å². The number of H-pyrrole nitrogens is 2. The van der Waals surface area contributed by atoms with E-state index < -0.39 is 11.1 Å². The number of rotatable bonds is 4. The monoisotopic (exact) mass is 519 g/mol. The number of hydrogen-bond donors (Lipinski definition) is 4. The summed E-state index contributed by atoms with van der Waals surface area (Å²) >= 11 is 0. The first kappa shape index (κ1) is 26.9. The van der Waals surface area contributed by atoms with Crippen LogP contribution in [0, 0.1) is 0 Å². The van der Waals surface area contributed by atoms with E-state index in [2.05, 4.69) is 27.1 Å². The van der Waals surface area contributed by atoms with Crippen molar-refractivity contribution < 1.29 is 10.2 Å². The first-order valence-electron chi connectivity index (χ1n) is 12.1. The molecule has 3 aromatic carbocycles. The van der Waals surface area contributed by atoms with Gasteiger partial charge in [0.15, 0.2) is 11.5 Å². The van der Waals surface area contributed by atoms with E-state index in [1.54, 1.807) is 6.20 Å². The maximum Gasteiger partial charge on any atom is 0.290 e. The summed E-state index contributed by atoms with van der Waals surface area (Å²) in [5.74, 6) is -0.501. The van der Waals surface area contributed by atoms with Crippen molar-refractivity contribution in [1.29, 1.82) is 0 Å². The molecule has 0 radical (unpaired) electrons. The van der Waals surface area contributed by atoms with Gasteiger partial charge < -0.3 is 20.2 Å². The first-order chi connectivity index (χ1) is 18.5. The van der Waals surface area contributed by atoms with Crippen LogP contribution in [0.1, 0.15) is 29.7 Å². The van der Waals surface area contributed by atoms with E-state index in [1.165, 1.54) is 17.7 Å². The highest BCUT2D eigenvalue weighted by atomic mass is 16.3. The second-order valence-electron chi connectivity index (χ2n) is 8.92. The van der Waals surface area contributed by atoms with Gasteiger partial charge in [-0.25, -0.2) is 0 Å². The first-order valence-corrected chi connectivity index (χ1v) is 12.1. The molecule has 0 fully saturated rings. The van der Waals surface area contributed by atoms with Crippen molar-refractivity contribution in [2.24, 2.45) is 0 Å². The average molecular weight is 520 g/mol. The van der Waals surface area contributed by atoms with Crippen LogP contribution in [0.25, 0.3) is 21.8 Å². The van der Waals surface area contributed by atoms with E-state index in [1.807, 2.05) is 72.9 Å². The Kier molecular flexibility index (Phi) is 8.21. The van der Waals surface area contributed by atoms with Gasteiger partial charge in [-0.2, -0.15) is 0 Å². The molecule has 7 heteroatoms. The third-order valence-electron chi connectivity index (χ3n) is 6.27. The van der Waals surface area contributed by atoms with Gasteiger partial charge in [0.2, 0.25) is 0 Å². The Bertz CT molecular complexity index is 1690. The molecule has 6 rings (SSSR count). The molecule has 0 spiro atoms. The number of aromatic nitrogens is 3. The van der Waals surface area contributed by atoms with E-state index in [4.69, 9.17) is 0 Å². The van der Waals surface area contributed by atoms with Gasteiger partial charge in [-0.05, 0) is 65.4 Å². The minimum absolute atomic E-state index is 0. The predicted molar refractivity (Wildman–Crippen MR) is 155 cm³/mol. The van der Waals surface area contributed by atoms with Gasteiger partial charge >= 0.3 is 0 Å². The summed E-state index contributed by atoms with van der Waals surface area (Å²) in [5.41, 5.74) is 4.95. The van der Waals surface area contributed by atoms with Gasteiger partial charge in [-0.1, -0.05) is 68.1 Å². The second kappa shape index (κ2) is 11.9. The number of fused-ring (bicyclic) bond motifs is 2. The Hall–Kier alpha value is -5.17. The molecule has 0 amide bonds. The summed E-state index contributed by atoms with van der Waals surface area (Å²) in [7, 11) is 0. The number of aromatic amines is 2. The third-order valence-corrected chi connectivity index (χ3v) is 6.27. The highest BCUT2D eigenvalue weighted by Gasteiger charge is 2.07. The minimum Gasteiger partial charge on any atom is -0.503 e. The van der Waals surface area contributed by atoms with Crippen molar-refractivity contribution >= 4 is 21.8 Å². The lowest BCUT2D eigenvalue weighted by molar-refractivity contribution is 0.467. The Morgan fingerprint density at radius 2 is 1.13 bits per heavy atom. The molecule has 3 aromatic heterocycles. The van der Waals surface area contributed by atoms with E-state index in [-0.39, 0.29) is 18.9 Å². The highest BCUT2D eigenvalue weighted by Crippen LogP contribution is 2.22. The zero-order valence-electron chi connectivity index (χ0n) is 20.4. The standard InChI is InChI=1S/C16H13NO2.C15H12N2O2.CH4/c18-15-10-13-12(9-11-5-2-1-3-6-11)7-4-8-14(13)17-16(15)19;18-14-8-12-11(7-10-3-2-6-16-9-10)4-1-5-13(12)17-15(14)19;/h1-8,10,18H,9H2,(H,17,19);1-6,8-9,18H,7H2,(H,17,19);1H4. The number of pyridine rings is 3. The molecule has 3 heterocycles. The second-order valence-corrected chi connectivity index (χ2v) is 8.92. The number of aromatic hydroxyl groups is 2. The predicted octanol–water partition coefficient (Wildman–Crippen LogP) is 5.68. The van der Waals surface area contributed by atoms with Gasteiger partial charge in [0.05, 0.1) is 0 Å². The van der Waals surface area contributed by atoms with E-state index in [0.717, 1.165) is 44.9 Å². The van der Waals surface area contributed by atoms with Crippen LogP contribution in [0.3, 0.4) is 0 Å². The minimum atomic E-state index is -0.467. The fourth-order valence-corrected chi connectivity index (χ4v) is 4.41. The molecule has 0 aliphatic carbocycles. The molecule has 0 bridgehead atoms. The van der Waals surface area contributed by atoms with E-state index in [0.29, 0.717) is 6.42 Å². The summed E-state index contributed by atoms with van der Waals surface area (Å²) in [6.45, 7) is 0. The molecule has 39 heavy (non-hydrogen) atoms. The quantitative estimate of drug-likeness (QED) is 0.239. The summed E-state index contributed by atoms with van der Waals surface area (Å²) in [6, 6.07) is 28.5. The Morgan fingerprint density at radius 3 is 1.64 bits per heavy atom. The molecule has 7 nitrogen and oxygen atoms in total. The Balaban J connectivity index is 0.000000176. The van der Waals surface area contributed by atoms with Crippen LogP contribution in [-0.4, -0.2) is 25.2 Å². The Labute approximate surface area is 225 Å². The third kappa shape index (κ3) is 6.22. The van der Waals surface area contributed by atoms with Crippen LogP contribution < -0.4 is 11.1 Å². The van der Waals surface area contributed by atoms with Crippen LogP contribution >= 0.6 is 0 Å². The van der Waals surface area contributed by atoms with Crippen molar-refractivity contribution in [2.45, 2.75) is 20.3 Å². The normalized spacial score (nSPS) is 10.5.